The van der Waals surface area contributed by atoms with Gasteiger partial charge in [0, 0.05) is 33.5 Å². The van der Waals surface area contributed by atoms with Crippen molar-refractivity contribution in [2.75, 3.05) is 5.75 Å². The number of rotatable bonds is 0. The maximum atomic E-state index is 6.29. The lowest BCUT2D eigenvalue weighted by atomic mass is 9.86. The van der Waals surface area contributed by atoms with Gasteiger partial charge in [-0.25, -0.2) is 0 Å². The summed E-state index contributed by atoms with van der Waals surface area (Å²) in [5, 5.41) is 0.677. The number of halogens is 1. The summed E-state index contributed by atoms with van der Waals surface area (Å²) in [6.07, 6.45) is 2.05. The molecule has 0 radical (unpaired) electrons. The maximum absolute atomic E-state index is 6.29. The fourth-order valence-corrected chi connectivity index (χ4v) is 4.48. The second-order valence-electron chi connectivity index (χ2n) is 5.10. The molecule has 1 spiro atoms. The molecule has 1 saturated heterocycles. The Labute approximate surface area is 114 Å². The summed E-state index contributed by atoms with van der Waals surface area (Å²) < 4.78 is 7.33. The van der Waals surface area contributed by atoms with Crippen molar-refractivity contribution in [3.05, 3.63) is 28.2 Å². The van der Waals surface area contributed by atoms with E-state index in [0.29, 0.717) is 5.25 Å². The fourth-order valence-electron chi connectivity index (χ4n) is 2.84. The molecule has 1 aromatic carbocycles. The Bertz CT molecular complexity index is 453. The molecule has 2 aliphatic rings. The quantitative estimate of drug-likeness (QED) is 0.796. The zero-order valence-electron chi connectivity index (χ0n) is 9.78. The van der Waals surface area contributed by atoms with Gasteiger partial charge < -0.3 is 10.5 Å². The second-order valence-corrected chi connectivity index (χ2v) is 7.45. The minimum atomic E-state index is -0.0305. The Hall–Kier alpha value is -0.190. The van der Waals surface area contributed by atoms with E-state index in [1.54, 1.807) is 0 Å². The van der Waals surface area contributed by atoms with E-state index in [0.717, 1.165) is 34.4 Å². The van der Waals surface area contributed by atoms with Crippen LogP contribution in [0.2, 0.25) is 0 Å². The van der Waals surface area contributed by atoms with Crippen LogP contribution >= 0.6 is 27.7 Å². The zero-order valence-corrected chi connectivity index (χ0v) is 12.2. The smallest absolute Gasteiger partial charge is 0.126 e. The number of thioether (sulfide) groups is 1. The molecule has 2 unspecified atom stereocenters. The van der Waals surface area contributed by atoms with E-state index in [4.69, 9.17) is 10.5 Å². The first-order valence-electron chi connectivity index (χ1n) is 5.94. The molecule has 1 fully saturated rings. The van der Waals surface area contributed by atoms with Crippen molar-refractivity contribution in [2.24, 2.45) is 5.73 Å². The lowest BCUT2D eigenvalue weighted by Gasteiger charge is -2.38. The van der Waals surface area contributed by atoms with E-state index >= 15 is 0 Å². The van der Waals surface area contributed by atoms with Crippen molar-refractivity contribution in [2.45, 2.75) is 36.7 Å². The van der Waals surface area contributed by atoms with E-state index in [9.17, 15) is 0 Å². The van der Waals surface area contributed by atoms with Gasteiger partial charge in [0.15, 0.2) is 0 Å². The molecular formula is C13H16BrNOS. The number of benzene rings is 1. The van der Waals surface area contributed by atoms with E-state index in [2.05, 4.69) is 28.9 Å². The van der Waals surface area contributed by atoms with Crippen LogP contribution in [-0.2, 0) is 0 Å². The largest absolute Gasteiger partial charge is 0.486 e. The fraction of sp³-hybridized carbons (Fsp3) is 0.538. The molecule has 0 bridgehead atoms. The predicted octanol–water partition coefficient (Wildman–Crippen LogP) is 3.50. The van der Waals surface area contributed by atoms with E-state index in [1.165, 1.54) is 0 Å². The molecule has 0 saturated carbocycles. The molecule has 2 aliphatic heterocycles. The third kappa shape index (κ3) is 2.11. The van der Waals surface area contributed by atoms with Gasteiger partial charge in [0.05, 0.1) is 0 Å². The number of hydrogen-bond donors (Lipinski definition) is 1. The molecule has 0 aromatic heterocycles. The molecule has 92 valence electrons. The van der Waals surface area contributed by atoms with Crippen LogP contribution in [0, 0.1) is 0 Å². The highest BCUT2D eigenvalue weighted by atomic mass is 79.9. The van der Waals surface area contributed by atoms with Gasteiger partial charge in [-0.15, -0.1) is 0 Å². The molecule has 1 aromatic rings. The number of ether oxygens (including phenoxy) is 1. The van der Waals surface area contributed by atoms with Crippen LogP contribution in [-0.4, -0.2) is 16.6 Å². The van der Waals surface area contributed by atoms with Crippen LogP contribution < -0.4 is 10.5 Å². The highest BCUT2D eigenvalue weighted by Crippen LogP contribution is 2.47. The normalized spacial score (nSPS) is 35.7. The monoisotopic (exact) mass is 313 g/mol. The highest BCUT2D eigenvalue weighted by Gasteiger charge is 2.45. The summed E-state index contributed by atoms with van der Waals surface area (Å²) in [7, 11) is 0. The zero-order chi connectivity index (χ0) is 12.0. The third-order valence-corrected chi connectivity index (χ3v) is 5.51. The van der Waals surface area contributed by atoms with E-state index < -0.39 is 0 Å². The average Bonchev–Trinajstić information content (AvgIpc) is 2.58. The van der Waals surface area contributed by atoms with E-state index in [-0.39, 0.29) is 11.6 Å². The molecule has 17 heavy (non-hydrogen) atoms. The molecule has 3 rings (SSSR count). The van der Waals surface area contributed by atoms with Gasteiger partial charge >= 0.3 is 0 Å². The van der Waals surface area contributed by atoms with Crippen molar-refractivity contribution in [1.29, 1.82) is 0 Å². The molecule has 4 heteroatoms. The summed E-state index contributed by atoms with van der Waals surface area (Å²) in [6.45, 7) is 2.27. The van der Waals surface area contributed by atoms with Crippen molar-refractivity contribution in [1.82, 2.24) is 0 Å². The average molecular weight is 314 g/mol. The molecule has 0 amide bonds. The van der Waals surface area contributed by atoms with Crippen LogP contribution in [0.25, 0.3) is 0 Å². The van der Waals surface area contributed by atoms with Crippen molar-refractivity contribution in [3.8, 4) is 5.75 Å². The Morgan fingerprint density at radius 1 is 1.47 bits per heavy atom. The maximum Gasteiger partial charge on any atom is 0.126 e. The van der Waals surface area contributed by atoms with Crippen LogP contribution in [0.3, 0.4) is 0 Å². The summed E-state index contributed by atoms with van der Waals surface area (Å²) in [5.41, 5.74) is 7.40. The lowest BCUT2D eigenvalue weighted by molar-refractivity contribution is 0.0575. The SMILES string of the molecule is CC1CC2(CS1)C[C@@H](N)c1ccc(Br)cc1O2. The summed E-state index contributed by atoms with van der Waals surface area (Å²) in [6, 6.07) is 6.26. The van der Waals surface area contributed by atoms with Gasteiger partial charge in [-0.3, -0.25) is 0 Å². The van der Waals surface area contributed by atoms with Crippen LogP contribution in [0.4, 0.5) is 0 Å². The van der Waals surface area contributed by atoms with Gasteiger partial charge in [-0.2, -0.15) is 11.8 Å². The van der Waals surface area contributed by atoms with Gasteiger partial charge in [0.2, 0.25) is 0 Å². The van der Waals surface area contributed by atoms with Gasteiger partial charge in [-0.1, -0.05) is 28.9 Å². The molecule has 2 heterocycles. The number of hydrogen-bond acceptors (Lipinski definition) is 3. The lowest BCUT2D eigenvalue weighted by Crippen LogP contribution is -2.43. The Morgan fingerprint density at radius 3 is 3.00 bits per heavy atom. The minimum Gasteiger partial charge on any atom is -0.486 e. The Balaban J connectivity index is 1.97. The Morgan fingerprint density at radius 2 is 2.29 bits per heavy atom. The van der Waals surface area contributed by atoms with Crippen LogP contribution in [0.5, 0.6) is 5.75 Å². The highest BCUT2D eigenvalue weighted by molar-refractivity contribution is 9.10. The molecular weight excluding hydrogens is 298 g/mol. The second kappa shape index (κ2) is 4.18. The molecule has 2 N–H and O–H groups in total. The van der Waals surface area contributed by atoms with Crippen molar-refractivity contribution in [3.63, 3.8) is 0 Å². The standard InChI is InChI=1S/C13H16BrNOS/c1-8-5-13(7-17-8)6-11(15)10-3-2-9(14)4-12(10)16-13/h2-4,8,11H,5-7,15H2,1H3/t8?,11-,13?/m1/s1. The van der Waals surface area contributed by atoms with Crippen LogP contribution in [0.15, 0.2) is 22.7 Å². The number of nitrogens with two attached hydrogens (primary N) is 1. The number of fused-ring (bicyclic) bond motifs is 1. The first-order chi connectivity index (χ1) is 8.08. The first-order valence-corrected chi connectivity index (χ1v) is 7.78. The minimum absolute atomic E-state index is 0.0305. The van der Waals surface area contributed by atoms with Gasteiger partial charge in [0.25, 0.3) is 0 Å². The molecule has 3 atom stereocenters. The molecule has 0 aliphatic carbocycles. The first kappa shape index (κ1) is 11.9. The third-order valence-electron chi connectivity index (χ3n) is 3.58. The summed E-state index contributed by atoms with van der Waals surface area (Å²) in [5.74, 6) is 2.03. The summed E-state index contributed by atoms with van der Waals surface area (Å²) >= 11 is 5.48. The Kier molecular flexibility index (Phi) is 2.92. The van der Waals surface area contributed by atoms with E-state index in [1.807, 2.05) is 23.9 Å². The predicted molar refractivity (Wildman–Crippen MR) is 75.6 cm³/mol. The molecule has 2 nitrogen and oxygen atoms in total. The van der Waals surface area contributed by atoms with Crippen molar-refractivity contribution < 1.29 is 4.74 Å². The van der Waals surface area contributed by atoms with Crippen molar-refractivity contribution >= 4 is 27.7 Å². The summed E-state index contributed by atoms with van der Waals surface area (Å²) in [4.78, 5) is 0. The van der Waals surface area contributed by atoms with Crippen LogP contribution in [0.1, 0.15) is 31.4 Å². The topological polar surface area (TPSA) is 35.2 Å². The van der Waals surface area contributed by atoms with Gasteiger partial charge in [0.1, 0.15) is 11.4 Å². The van der Waals surface area contributed by atoms with Gasteiger partial charge in [-0.05, 0) is 18.6 Å².